The second kappa shape index (κ2) is 3.70. The lowest BCUT2D eigenvalue weighted by Crippen LogP contribution is -2.14. The fourth-order valence-corrected chi connectivity index (χ4v) is 1.04. The molecule has 66 valence electrons. The summed E-state index contributed by atoms with van der Waals surface area (Å²) in [5, 5.41) is 17.8. The van der Waals surface area contributed by atoms with Crippen LogP contribution in [0.4, 0.5) is 0 Å². The van der Waals surface area contributed by atoms with Crippen molar-refractivity contribution in [1.82, 2.24) is 0 Å². The number of aliphatic hydroxyl groups excluding tert-OH is 1. The van der Waals surface area contributed by atoms with E-state index in [0.29, 0.717) is 0 Å². The standard InChI is InChI=1S/C10H14O2/c1-7-3-5-9(6-4-7)8(2)10(11)12/h3-6,8,10-12H,1-2H3. The van der Waals surface area contributed by atoms with Crippen LogP contribution in [0.3, 0.4) is 0 Å². The van der Waals surface area contributed by atoms with Gasteiger partial charge < -0.3 is 10.2 Å². The van der Waals surface area contributed by atoms with Crippen molar-refractivity contribution < 1.29 is 10.2 Å². The molecule has 1 unspecified atom stereocenters. The molecule has 1 atom stereocenters. The molecule has 1 aromatic carbocycles. The minimum atomic E-state index is -1.27. The average molecular weight is 166 g/mol. The van der Waals surface area contributed by atoms with E-state index in [0.717, 1.165) is 5.56 Å². The number of hydrogen-bond acceptors (Lipinski definition) is 2. The first-order chi connectivity index (χ1) is 5.61. The van der Waals surface area contributed by atoms with Crippen molar-refractivity contribution in [1.29, 1.82) is 0 Å². The van der Waals surface area contributed by atoms with Crippen LogP contribution < -0.4 is 0 Å². The third kappa shape index (κ3) is 2.06. The molecule has 0 saturated carbocycles. The van der Waals surface area contributed by atoms with Crippen molar-refractivity contribution in [3.63, 3.8) is 0 Å². The first kappa shape index (κ1) is 9.23. The summed E-state index contributed by atoms with van der Waals surface area (Å²) in [5.41, 5.74) is 2.13. The van der Waals surface area contributed by atoms with E-state index in [1.165, 1.54) is 5.56 Å². The number of rotatable bonds is 2. The van der Waals surface area contributed by atoms with Crippen LogP contribution in [0.1, 0.15) is 24.0 Å². The van der Waals surface area contributed by atoms with Crippen molar-refractivity contribution in [2.45, 2.75) is 26.1 Å². The third-order valence-corrected chi connectivity index (χ3v) is 2.05. The van der Waals surface area contributed by atoms with Gasteiger partial charge in [-0.2, -0.15) is 0 Å². The van der Waals surface area contributed by atoms with Crippen LogP contribution in [0.15, 0.2) is 24.3 Å². The molecule has 0 aliphatic heterocycles. The molecule has 0 fully saturated rings. The first-order valence-electron chi connectivity index (χ1n) is 4.04. The van der Waals surface area contributed by atoms with Gasteiger partial charge in [0, 0.05) is 5.92 Å². The van der Waals surface area contributed by atoms with Crippen LogP contribution in [-0.2, 0) is 0 Å². The zero-order chi connectivity index (χ0) is 9.14. The molecule has 1 aromatic rings. The van der Waals surface area contributed by atoms with Crippen molar-refractivity contribution in [3.05, 3.63) is 35.4 Å². The van der Waals surface area contributed by atoms with E-state index in [4.69, 9.17) is 10.2 Å². The first-order valence-corrected chi connectivity index (χ1v) is 4.04. The predicted molar refractivity (Wildman–Crippen MR) is 47.8 cm³/mol. The Bertz CT molecular complexity index is 239. The van der Waals surface area contributed by atoms with E-state index >= 15 is 0 Å². The Morgan fingerprint density at radius 2 is 1.58 bits per heavy atom. The Morgan fingerprint density at radius 1 is 1.08 bits per heavy atom. The van der Waals surface area contributed by atoms with Gasteiger partial charge in [-0.1, -0.05) is 36.8 Å². The van der Waals surface area contributed by atoms with Crippen molar-refractivity contribution in [3.8, 4) is 0 Å². The van der Waals surface area contributed by atoms with Crippen LogP contribution >= 0.6 is 0 Å². The van der Waals surface area contributed by atoms with E-state index in [9.17, 15) is 0 Å². The minimum absolute atomic E-state index is 0.217. The highest BCUT2D eigenvalue weighted by molar-refractivity contribution is 5.24. The molecular formula is C10H14O2. The van der Waals surface area contributed by atoms with Crippen LogP contribution in [0.25, 0.3) is 0 Å². The molecular weight excluding hydrogens is 152 g/mol. The summed E-state index contributed by atoms with van der Waals surface area (Å²) >= 11 is 0. The monoisotopic (exact) mass is 166 g/mol. The Hall–Kier alpha value is -0.860. The smallest absolute Gasteiger partial charge is 0.158 e. The highest BCUT2D eigenvalue weighted by Gasteiger charge is 2.11. The van der Waals surface area contributed by atoms with Gasteiger partial charge in [0.25, 0.3) is 0 Å². The van der Waals surface area contributed by atoms with Gasteiger partial charge in [0.1, 0.15) is 0 Å². The van der Waals surface area contributed by atoms with Crippen LogP contribution in [-0.4, -0.2) is 16.5 Å². The molecule has 0 aromatic heterocycles. The lowest BCUT2D eigenvalue weighted by atomic mass is 10.00. The fraction of sp³-hybridized carbons (Fsp3) is 0.400. The SMILES string of the molecule is Cc1ccc(C(C)C(O)O)cc1. The van der Waals surface area contributed by atoms with Gasteiger partial charge in [0.2, 0.25) is 0 Å². The highest BCUT2D eigenvalue weighted by Crippen LogP contribution is 2.17. The van der Waals surface area contributed by atoms with E-state index in [1.54, 1.807) is 6.92 Å². The Balaban J connectivity index is 2.82. The maximum atomic E-state index is 8.90. The molecule has 0 aliphatic carbocycles. The zero-order valence-electron chi connectivity index (χ0n) is 7.36. The maximum absolute atomic E-state index is 8.90. The quantitative estimate of drug-likeness (QED) is 0.652. The molecule has 1 rings (SSSR count). The number of hydrogen-bond donors (Lipinski definition) is 2. The number of aliphatic hydroxyl groups is 2. The van der Waals surface area contributed by atoms with Gasteiger partial charge in [-0.05, 0) is 12.5 Å². The normalized spacial score (nSPS) is 13.4. The Morgan fingerprint density at radius 3 is 2.00 bits per heavy atom. The number of benzene rings is 1. The molecule has 0 bridgehead atoms. The summed E-state index contributed by atoms with van der Waals surface area (Å²) in [7, 11) is 0. The van der Waals surface area contributed by atoms with Gasteiger partial charge in [0.15, 0.2) is 6.29 Å². The zero-order valence-corrected chi connectivity index (χ0v) is 7.36. The molecule has 2 heteroatoms. The topological polar surface area (TPSA) is 40.5 Å². The molecule has 0 saturated heterocycles. The molecule has 12 heavy (non-hydrogen) atoms. The summed E-state index contributed by atoms with van der Waals surface area (Å²) in [4.78, 5) is 0. The lowest BCUT2D eigenvalue weighted by Gasteiger charge is -2.13. The summed E-state index contributed by atoms with van der Waals surface area (Å²) in [5.74, 6) is -0.217. The van der Waals surface area contributed by atoms with E-state index in [-0.39, 0.29) is 5.92 Å². The lowest BCUT2D eigenvalue weighted by molar-refractivity contribution is -0.0561. The Kier molecular flexibility index (Phi) is 2.84. The van der Waals surface area contributed by atoms with E-state index < -0.39 is 6.29 Å². The van der Waals surface area contributed by atoms with Crippen LogP contribution in [0.2, 0.25) is 0 Å². The van der Waals surface area contributed by atoms with Gasteiger partial charge in [0.05, 0.1) is 0 Å². The highest BCUT2D eigenvalue weighted by atomic mass is 16.5. The largest absolute Gasteiger partial charge is 0.368 e. The van der Waals surface area contributed by atoms with Crippen molar-refractivity contribution in [2.75, 3.05) is 0 Å². The summed E-state index contributed by atoms with van der Waals surface area (Å²) < 4.78 is 0. The van der Waals surface area contributed by atoms with Crippen molar-refractivity contribution >= 4 is 0 Å². The van der Waals surface area contributed by atoms with Gasteiger partial charge >= 0.3 is 0 Å². The Labute approximate surface area is 72.5 Å². The van der Waals surface area contributed by atoms with Gasteiger partial charge in [-0.3, -0.25) is 0 Å². The molecule has 2 N–H and O–H groups in total. The molecule has 0 radical (unpaired) electrons. The van der Waals surface area contributed by atoms with E-state index in [1.807, 2.05) is 31.2 Å². The fourth-order valence-electron chi connectivity index (χ4n) is 1.04. The third-order valence-electron chi connectivity index (χ3n) is 2.05. The average Bonchev–Trinajstić information content (AvgIpc) is 2.04. The summed E-state index contributed by atoms with van der Waals surface area (Å²) in [6, 6.07) is 7.77. The van der Waals surface area contributed by atoms with Crippen LogP contribution in [0, 0.1) is 6.92 Å². The van der Waals surface area contributed by atoms with Gasteiger partial charge in [-0.15, -0.1) is 0 Å². The molecule has 0 heterocycles. The second-order valence-corrected chi connectivity index (χ2v) is 3.11. The van der Waals surface area contributed by atoms with Crippen molar-refractivity contribution in [2.24, 2.45) is 0 Å². The molecule has 0 aliphatic rings. The molecule has 0 spiro atoms. The van der Waals surface area contributed by atoms with Crippen LogP contribution in [0.5, 0.6) is 0 Å². The minimum Gasteiger partial charge on any atom is -0.368 e. The summed E-state index contributed by atoms with van der Waals surface area (Å²) in [6.45, 7) is 3.79. The van der Waals surface area contributed by atoms with Gasteiger partial charge in [-0.25, -0.2) is 0 Å². The maximum Gasteiger partial charge on any atom is 0.158 e. The van der Waals surface area contributed by atoms with E-state index in [2.05, 4.69) is 0 Å². The molecule has 2 nitrogen and oxygen atoms in total. The number of aryl methyl sites for hydroxylation is 1. The molecule has 0 amide bonds. The second-order valence-electron chi connectivity index (χ2n) is 3.11. The summed E-state index contributed by atoms with van der Waals surface area (Å²) in [6.07, 6.45) is -1.27. The predicted octanol–water partition coefficient (Wildman–Crippen LogP) is 1.41.